The van der Waals surface area contributed by atoms with Crippen LogP contribution in [0.3, 0.4) is 0 Å². The first-order valence-electron chi connectivity index (χ1n) is 20.2. The van der Waals surface area contributed by atoms with Crippen LogP contribution < -0.4 is 20.7 Å². The Hall–Kier alpha value is -3.02. The second-order valence-electron chi connectivity index (χ2n) is 18.5. The molecular formula is C46H62O9SSi2. The van der Waals surface area contributed by atoms with E-state index >= 15 is 0 Å². The van der Waals surface area contributed by atoms with E-state index in [0.717, 1.165) is 27.0 Å². The standard InChI is InChI=1S/C46H62O9SSi2/c1-43(2,3)57(34-24-16-12-17-25-34,35-26-18-13-19-27-35)49-32-38-40(53-45(7,8)51-38)42(55-56(11,47)48)41-39(52-46(9,10)54-41)33-50-58(44(4,5)6,36-28-20-14-21-29-36)37-30-22-15-23-31-37/h12-31,38-42H,32-33H2,1-11H3/t38-,39+,40-,41-,42-/m1/s1. The summed E-state index contributed by atoms with van der Waals surface area (Å²) in [5.41, 5.74) is 0. The molecule has 4 aromatic carbocycles. The van der Waals surface area contributed by atoms with E-state index < -0.39 is 68.8 Å². The van der Waals surface area contributed by atoms with Crippen LogP contribution in [0.15, 0.2) is 121 Å². The van der Waals surface area contributed by atoms with Crippen LogP contribution in [0, 0.1) is 0 Å². The monoisotopic (exact) mass is 846 g/mol. The van der Waals surface area contributed by atoms with Gasteiger partial charge in [0.1, 0.15) is 30.5 Å². The molecule has 5 atom stereocenters. The molecule has 0 radical (unpaired) electrons. The Bertz CT molecular complexity index is 1840. The van der Waals surface area contributed by atoms with E-state index in [1.807, 2.05) is 100 Å². The number of rotatable bonds is 14. The second kappa shape index (κ2) is 16.8. The maximum Gasteiger partial charge on any atom is 0.264 e. The normalized spacial score (nSPS) is 23.2. The first kappa shape index (κ1) is 44.5. The highest BCUT2D eigenvalue weighted by atomic mass is 32.2. The first-order chi connectivity index (χ1) is 27.1. The van der Waals surface area contributed by atoms with Gasteiger partial charge in [-0.25, -0.2) is 0 Å². The molecule has 6 rings (SSSR count). The van der Waals surface area contributed by atoms with Crippen LogP contribution in [-0.4, -0.2) is 86.6 Å². The summed E-state index contributed by atoms with van der Waals surface area (Å²) in [6, 6.07) is 41.4. The van der Waals surface area contributed by atoms with E-state index in [2.05, 4.69) is 90.1 Å². The molecule has 0 amide bonds. The summed E-state index contributed by atoms with van der Waals surface area (Å²) in [4.78, 5) is 0. The highest BCUT2D eigenvalue weighted by molar-refractivity contribution is 7.86. The average Bonchev–Trinajstić information content (AvgIpc) is 3.64. The Morgan fingerprint density at radius 3 is 1.05 bits per heavy atom. The minimum Gasteiger partial charge on any atom is -0.405 e. The number of benzene rings is 4. The molecule has 9 nitrogen and oxygen atoms in total. The van der Waals surface area contributed by atoms with E-state index in [4.69, 9.17) is 32.0 Å². The van der Waals surface area contributed by atoms with E-state index in [1.165, 1.54) is 0 Å². The SMILES string of the molecule is CC1(C)O[C@@H]([C@H](OS(C)(=O)=O)[C@@H]2OC(C)(C)O[C@@H]2CO[Si](c2ccccc2)(c2ccccc2)C(C)(C)C)[C@H](CO[Si](c2ccccc2)(c2ccccc2)C(C)(C)C)O1. The molecule has 2 fully saturated rings. The summed E-state index contributed by atoms with van der Waals surface area (Å²) in [6.07, 6.45) is -3.48. The van der Waals surface area contributed by atoms with Crippen molar-refractivity contribution in [3.63, 3.8) is 0 Å². The molecule has 0 unspecified atom stereocenters. The van der Waals surface area contributed by atoms with Crippen molar-refractivity contribution in [2.24, 2.45) is 0 Å². The molecule has 2 saturated heterocycles. The van der Waals surface area contributed by atoms with E-state index in [1.54, 1.807) is 0 Å². The van der Waals surface area contributed by atoms with Gasteiger partial charge in [0.05, 0.1) is 19.5 Å². The quantitative estimate of drug-likeness (QED) is 0.104. The second-order valence-corrected chi connectivity index (χ2v) is 28.7. The van der Waals surface area contributed by atoms with Crippen molar-refractivity contribution in [2.45, 2.75) is 121 Å². The smallest absolute Gasteiger partial charge is 0.264 e. The van der Waals surface area contributed by atoms with E-state index in [9.17, 15) is 8.42 Å². The van der Waals surface area contributed by atoms with Gasteiger partial charge in [-0.1, -0.05) is 163 Å². The van der Waals surface area contributed by atoms with Gasteiger partial charge >= 0.3 is 0 Å². The lowest BCUT2D eigenvalue weighted by atomic mass is 10.00. The van der Waals surface area contributed by atoms with Gasteiger partial charge in [-0.2, -0.15) is 8.42 Å². The Labute approximate surface area is 348 Å². The van der Waals surface area contributed by atoms with Crippen LogP contribution in [0.2, 0.25) is 10.1 Å². The zero-order chi connectivity index (χ0) is 42.2. The molecule has 4 aromatic rings. The van der Waals surface area contributed by atoms with E-state index in [0.29, 0.717) is 0 Å². The molecule has 0 saturated carbocycles. The maximum atomic E-state index is 13.3. The predicted molar refractivity (Wildman–Crippen MR) is 235 cm³/mol. The molecular weight excluding hydrogens is 785 g/mol. The van der Waals surface area contributed by atoms with E-state index in [-0.39, 0.29) is 23.3 Å². The van der Waals surface area contributed by atoms with Crippen molar-refractivity contribution in [1.29, 1.82) is 0 Å². The van der Waals surface area contributed by atoms with Crippen molar-refractivity contribution in [3.05, 3.63) is 121 Å². The van der Waals surface area contributed by atoms with Crippen molar-refractivity contribution < 1.29 is 40.4 Å². The molecule has 0 N–H and O–H groups in total. The molecule has 2 heterocycles. The summed E-state index contributed by atoms with van der Waals surface area (Å²) < 4.78 is 73.9. The lowest BCUT2D eigenvalue weighted by Crippen LogP contribution is -2.67. The molecule has 2 aliphatic rings. The molecule has 0 spiro atoms. The van der Waals surface area contributed by atoms with Crippen LogP contribution >= 0.6 is 0 Å². The number of ether oxygens (including phenoxy) is 4. The lowest BCUT2D eigenvalue weighted by Gasteiger charge is -2.44. The van der Waals surface area contributed by atoms with Crippen molar-refractivity contribution in [1.82, 2.24) is 0 Å². The van der Waals surface area contributed by atoms with Gasteiger partial charge in [-0.05, 0) is 58.5 Å². The number of hydrogen-bond acceptors (Lipinski definition) is 9. The molecule has 12 heteroatoms. The van der Waals surface area contributed by atoms with Gasteiger partial charge in [-0.3, -0.25) is 4.18 Å². The van der Waals surface area contributed by atoms with Crippen LogP contribution in [0.1, 0.15) is 69.2 Å². The summed E-state index contributed by atoms with van der Waals surface area (Å²) in [5, 5.41) is 3.84. The van der Waals surface area contributed by atoms with Crippen LogP contribution in [0.4, 0.5) is 0 Å². The highest BCUT2D eigenvalue weighted by Crippen LogP contribution is 2.43. The van der Waals surface area contributed by atoms with Gasteiger partial charge in [0.2, 0.25) is 0 Å². The van der Waals surface area contributed by atoms with Crippen LogP contribution in [-0.2, 0) is 42.1 Å². The summed E-state index contributed by atoms with van der Waals surface area (Å²) in [5.74, 6) is -2.20. The lowest BCUT2D eigenvalue weighted by molar-refractivity contribution is -0.174. The fourth-order valence-electron chi connectivity index (χ4n) is 8.98. The van der Waals surface area contributed by atoms with Gasteiger partial charge in [0.15, 0.2) is 11.6 Å². The third kappa shape index (κ3) is 9.31. The molecule has 58 heavy (non-hydrogen) atoms. The molecule has 0 aromatic heterocycles. The van der Waals surface area contributed by atoms with Gasteiger partial charge in [0.25, 0.3) is 26.8 Å². The Morgan fingerprint density at radius 2 is 0.810 bits per heavy atom. The fourth-order valence-corrected chi connectivity index (χ4v) is 18.7. The van der Waals surface area contributed by atoms with Gasteiger partial charge < -0.3 is 27.8 Å². The molecule has 314 valence electrons. The molecule has 0 aliphatic carbocycles. The topological polar surface area (TPSA) is 98.8 Å². The highest BCUT2D eigenvalue weighted by Gasteiger charge is 2.58. The fraction of sp³-hybridized carbons (Fsp3) is 0.478. The Morgan fingerprint density at radius 1 is 0.534 bits per heavy atom. The van der Waals surface area contributed by atoms with Crippen LogP contribution in [0.5, 0.6) is 0 Å². The minimum absolute atomic E-state index is 0.102. The zero-order valence-corrected chi connectivity index (χ0v) is 38.7. The largest absolute Gasteiger partial charge is 0.405 e. The average molecular weight is 847 g/mol. The zero-order valence-electron chi connectivity index (χ0n) is 35.9. The van der Waals surface area contributed by atoms with Crippen molar-refractivity contribution in [3.8, 4) is 0 Å². The third-order valence-corrected chi connectivity index (χ3v) is 21.7. The van der Waals surface area contributed by atoms with Crippen molar-refractivity contribution >= 4 is 47.5 Å². The Balaban J connectivity index is 1.40. The maximum absolute atomic E-state index is 13.3. The molecule has 0 bridgehead atoms. The summed E-state index contributed by atoms with van der Waals surface area (Å²) in [7, 11) is -10.1. The first-order valence-corrected chi connectivity index (χ1v) is 25.8. The summed E-state index contributed by atoms with van der Waals surface area (Å²) >= 11 is 0. The van der Waals surface area contributed by atoms with Gasteiger partial charge in [0, 0.05) is 0 Å². The van der Waals surface area contributed by atoms with Crippen molar-refractivity contribution in [2.75, 3.05) is 19.5 Å². The van der Waals surface area contributed by atoms with Gasteiger partial charge in [-0.15, -0.1) is 0 Å². The summed E-state index contributed by atoms with van der Waals surface area (Å²) in [6.45, 7) is 20.8. The predicted octanol–water partition coefficient (Wildman–Crippen LogP) is 6.52. The Kier molecular flexibility index (Phi) is 12.9. The van der Waals surface area contributed by atoms with Crippen LogP contribution in [0.25, 0.3) is 0 Å². The number of hydrogen-bond donors (Lipinski definition) is 0. The molecule has 2 aliphatic heterocycles. The minimum atomic E-state index is -4.06. The third-order valence-electron chi connectivity index (χ3n) is 11.1.